The molecule has 1 aliphatic rings. The van der Waals surface area contributed by atoms with Crippen molar-refractivity contribution in [3.8, 4) is 0 Å². The maximum Gasteiger partial charge on any atom is 0.0668 e. The van der Waals surface area contributed by atoms with Crippen LogP contribution >= 0.6 is 0 Å². The number of hydrogen-bond donors (Lipinski definition) is 1. The lowest BCUT2D eigenvalue weighted by Crippen LogP contribution is -2.43. The zero-order valence-corrected chi connectivity index (χ0v) is 10.0. The number of morpholine rings is 1. The molecule has 0 aliphatic carbocycles. The van der Waals surface area contributed by atoms with E-state index in [0.717, 1.165) is 19.8 Å². The number of benzene rings is 1. The van der Waals surface area contributed by atoms with E-state index in [4.69, 9.17) is 10.5 Å². The summed E-state index contributed by atoms with van der Waals surface area (Å²) < 4.78 is 5.43. The van der Waals surface area contributed by atoms with E-state index in [9.17, 15) is 0 Å². The van der Waals surface area contributed by atoms with Crippen molar-refractivity contribution >= 4 is 5.69 Å². The minimum absolute atomic E-state index is 0.108. The van der Waals surface area contributed by atoms with Gasteiger partial charge in [-0.05, 0) is 31.5 Å². The van der Waals surface area contributed by atoms with Crippen molar-refractivity contribution in [2.45, 2.75) is 25.9 Å². The standard InChI is InChI=1S/C13H20N2O/c1-10-9-16-8-7-15(10)13-5-3-12(4-6-13)11(2)14/h3-6,10-11H,7-9,14H2,1-2H3. The van der Waals surface area contributed by atoms with Gasteiger partial charge in [-0.1, -0.05) is 12.1 Å². The van der Waals surface area contributed by atoms with Crippen molar-refractivity contribution in [2.75, 3.05) is 24.7 Å². The predicted molar refractivity (Wildman–Crippen MR) is 66.7 cm³/mol. The average molecular weight is 220 g/mol. The first-order valence-corrected chi connectivity index (χ1v) is 5.88. The highest BCUT2D eigenvalue weighted by Gasteiger charge is 2.18. The molecule has 2 rings (SSSR count). The van der Waals surface area contributed by atoms with E-state index < -0.39 is 0 Å². The van der Waals surface area contributed by atoms with Crippen LogP contribution in [0.5, 0.6) is 0 Å². The van der Waals surface area contributed by atoms with E-state index in [0.29, 0.717) is 6.04 Å². The fourth-order valence-electron chi connectivity index (χ4n) is 2.08. The fraction of sp³-hybridized carbons (Fsp3) is 0.538. The Bertz CT molecular complexity index is 334. The van der Waals surface area contributed by atoms with Gasteiger partial charge in [0, 0.05) is 24.3 Å². The third-order valence-electron chi connectivity index (χ3n) is 3.12. The monoisotopic (exact) mass is 220 g/mol. The molecule has 1 fully saturated rings. The van der Waals surface area contributed by atoms with Crippen molar-refractivity contribution in [1.82, 2.24) is 0 Å². The largest absolute Gasteiger partial charge is 0.377 e. The summed E-state index contributed by atoms with van der Waals surface area (Å²) in [6, 6.07) is 9.09. The summed E-state index contributed by atoms with van der Waals surface area (Å²) in [5, 5.41) is 0. The summed E-state index contributed by atoms with van der Waals surface area (Å²) in [4.78, 5) is 2.38. The molecule has 1 saturated heterocycles. The van der Waals surface area contributed by atoms with Gasteiger partial charge >= 0.3 is 0 Å². The predicted octanol–water partition coefficient (Wildman–Crippen LogP) is 1.93. The number of nitrogens with zero attached hydrogens (tertiary/aromatic N) is 1. The SMILES string of the molecule is CC(N)c1ccc(N2CCOCC2C)cc1. The van der Waals surface area contributed by atoms with Crippen molar-refractivity contribution in [3.63, 3.8) is 0 Å². The lowest BCUT2D eigenvalue weighted by Gasteiger charge is -2.35. The Morgan fingerprint density at radius 1 is 1.38 bits per heavy atom. The molecule has 2 N–H and O–H groups in total. The molecule has 0 spiro atoms. The van der Waals surface area contributed by atoms with Gasteiger partial charge in [0.2, 0.25) is 0 Å². The molecule has 1 aliphatic heterocycles. The molecule has 0 saturated carbocycles. The number of nitrogens with two attached hydrogens (primary N) is 1. The highest BCUT2D eigenvalue weighted by Crippen LogP contribution is 2.21. The van der Waals surface area contributed by atoms with Crippen LogP contribution in [0.15, 0.2) is 24.3 Å². The van der Waals surface area contributed by atoms with Crippen LogP contribution in [0.25, 0.3) is 0 Å². The minimum atomic E-state index is 0.108. The molecule has 0 radical (unpaired) electrons. The molecule has 2 unspecified atom stereocenters. The quantitative estimate of drug-likeness (QED) is 0.827. The van der Waals surface area contributed by atoms with E-state index in [1.807, 2.05) is 6.92 Å². The Kier molecular flexibility index (Phi) is 3.46. The second kappa shape index (κ2) is 4.85. The van der Waals surface area contributed by atoms with Crippen LogP contribution in [0.4, 0.5) is 5.69 Å². The van der Waals surface area contributed by atoms with Crippen LogP contribution in [0.3, 0.4) is 0 Å². The molecule has 3 nitrogen and oxygen atoms in total. The summed E-state index contributed by atoms with van der Waals surface area (Å²) in [6.07, 6.45) is 0. The number of hydrogen-bond acceptors (Lipinski definition) is 3. The van der Waals surface area contributed by atoms with Crippen molar-refractivity contribution in [2.24, 2.45) is 5.73 Å². The first-order valence-electron chi connectivity index (χ1n) is 5.88. The summed E-state index contributed by atoms with van der Waals surface area (Å²) in [7, 11) is 0. The van der Waals surface area contributed by atoms with Gasteiger partial charge in [-0.15, -0.1) is 0 Å². The normalized spacial score (nSPS) is 23.2. The van der Waals surface area contributed by atoms with Crippen molar-refractivity contribution in [3.05, 3.63) is 29.8 Å². The summed E-state index contributed by atoms with van der Waals surface area (Å²) in [5.74, 6) is 0. The smallest absolute Gasteiger partial charge is 0.0668 e. The van der Waals surface area contributed by atoms with Gasteiger partial charge in [-0.25, -0.2) is 0 Å². The second-order valence-electron chi connectivity index (χ2n) is 4.50. The maximum absolute atomic E-state index is 5.84. The van der Waals surface area contributed by atoms with Crippen molar-refractivity contribution in [1.29, 1.82) is 0 Å². The topological polar surface area (TPSA) is 38.5 Å². The Balaban J connectivity index is 2.14. The summed E-state index contributed by atoms with van der Waals surface area (Å²) in [5.41, 5.74) is 8.28. The number of anilines is 1. The first-order chi connectivity index (χ1) is 7.68. The summed E-state index contributed by atoms with van der Waals surface area (Å²) >= 11 is 0. The van der Waals surface area contributed by atoms with Crippen molar-refractivity contribution < 1.29 is 4.74 Å². The zero-order chi connectivity index (χ0) is 11.5. The van der Waals surface area contributed by atoms with Gasteiger partial charge in [-0.3, -0.25) is 0 Å². The molecule has 1 aromatic rings. The third-order valence-corrected chi connectivity index (χ3v) is 3.12. The first kappa shape index (κ1) is 11.4. The Hall–Kier alpha value is -1.06. The van der Waals surface area contributed by atoms with Crippen LogP contribution in [-0.2, 0) is 4.74 Å². The molecule has 3 heteroatoms. The Morgan fingerprint density at radius 2 is 2.06 bits per heavy atom. The molecule has 0 aromatic heterocycles. The highest BCUT2D eigenvalue weighted by molar-refractivity contribution is 5.49. The van der Waals surface area contributed by atoms with E-state index in [2.05, 4.69) is 36.1 Å². The molecular weight excluding hydrogens is 200 g/mol. The van der Waals surface area contributed by atoms with Crippen LogP contribution in [0.2, 0.25) is 0 Å². The second-order valence-corrected chi connectivity index (χ2v) is 4.50. The van der Waals surface area contributed by atoms with Crippen LogP contribution in [-0.4, -0.2) is 25.8 Å². The fourth-order valence-corrected chi connectivity index (χ4v) is 2.08. The molecular formula is C13H20N2O. The van der Waals surface area contributed by atoms with E-state index in [-0.39, 0.29) is 6.04 Å². The Morgan fingerprint density at radius 3 is 2.62 bits per heavy atom. The average Bonchev–Trinajstić information content (AvgIpc) is 2.30. The zero-order valence-electron chi connectivity index (χ0n) is 10.0. The lowest BCUT2D eigenvalue weighted by atomic mass is 10.1. The van der Waals surface area contributed by atoms with E-state index in [1.54, 1.807) is 0 Å². The van der Waals surface area contributed by atoms with Crippen LogP contribution < -0.4 is 10.6 Å². The Labute approximate surface area is 97.2 Å². The molecule has 0 amide bonds. The van der Waals surface area contributed by atoms with E-state index >= 15 is 0 Å². The van der Waals surface area contributed by atoms with Crippen LogP contribution in [0.1, 0.15) is 25.5 Å². The number of ether oxygens (including phenoxy) is 1. The van der Waals surface area contributed by atoms with Gasteiger partial charge in [0.15, 0.2) is 0 Å². The number of rotatable bonds is 2. The van der Waals surface area contributed by atoms with Gasteiger partial charge in [0.25, 0.3) is 0 Å². The molecule has 2 atom stereocenters. The molecule has 1 heterocycles. The maximum atomic E-state index is 5.84. The summed E-state index contributed by atoms with van der Waals surface area (Å²) in [6.45, 7) is 6.80. The third kappa shape index (κ3) is 2.36. The minimum Gasteiger partial charge on any atom is -0.377 e. The molecule has 88 valence electrons. The highest BCUT2D eigenvalue weighted by atomic mass is 16.5. The lowest BCUT2D eigenvalue weighted by molar-refractivity contribution is 0.0989. The van der Waals surface area contributed by atoms with Gasteiger partial charge in [0.1, 0.15) is 0 Å². The molecule has 1 aromatic carbocycles. The molecule has 16 heavy (non-hydrogen) atoms. The van der Waals surface area contributed by atoms with Gasteiger partial charge in [0.05, 0.1) is 13.2 Å². The molecule has 0 bridgehead atoms. The van der Waals surface area contributed by atoms with E-state index in [1.165, 1.54) is 11.3 Å². The van der Waals surface area contributed by atoms with Gasteiger partial charge < -0.3 is 15.4 Å². The van der Waals surface area contributed by atoms with Crippen LogP contribution in [0, 0.1) is 0 Å². The van der Waals surface area contributed by atoms with Gasteiger partial charge in [-0.2, -0.15) is 0 Å².